The van der Waals surface area contributed by atoms with E-state index in [2.05, 4.69) is 5.32 Å². The topological polar surface area (TPSA) is 84.9 Å². The first-order valence-corrected chi connectivity index (χ1v) is 8.97. The molecule has 1 heterocycles. The van der Waals surface area contributed by atoms with Crippen molar-refractivity contribution in [3.63, 3.8) is 0 Å². The Morgan fingerprint density at radius 2 is 1.59 bits per heavy atom. The first kappa shape index (κ1) is 17.7. The molecular weight excluding hydrogens is 346 g/mol. The summed E-state index contributed by atoms with van der Waals surface area (Å²) in [6.45, 7) is 1.05. The molecule has 2 aromatic carbocycles. The molecule has 0 unspecified atom stereocenters. The molecule has 1 aliphatic heterocycles. The number of carbonyl (C=O) groups is 2. The van der Waals surface area contributed by atoms with Crippen molar-refractivity contribution in [1.82, 2.24) is 5.32 Å². The largest absolute Gasteiger partial charge is 0.465 e. The second-order valence-corrected chi connectivity index (χ2v) is 7.14. The molecule has 0 radical (unpaired) electrons. The molecule has 2 aliphatic rings. The third-order valence-corrected chi connectivity index (χ3v) is 5.27. The summed E-state index contributed by atoms with van der Waals surface area (Å²) in [5, 5.41) is 11.9. The Morgan fingerprint density at radius 3 is 2.19 bits per heavy atom. The van der Waals surface area contributed by atoms with E-state index in [9.17, 15) is 14.7 Å². The van der Waals surface area contributed by atoms with Crippen LogP contribution in [0.25, 0.3) is 0 Å². The van der Waals surface area contributed by atoms with E-state index in [1.54, 1.807) is 12.1 Å². The van der Waals surface area contributed by atoms with Crippen LogP contribution in [0, 0.1) is 0 Å². The van der Waals surface area contributed by atoms with Gasteiger partial charge in [-0.1, -0.05) is 54.6 Å². The Morgan fingerprint density at radius 1 is 0.963 bits per heavy atom. The lowest BCUT2D eigenvalue weighted by molar-refractivity contribution is -0.244. The number of hydrogen-bond acceptors (Lipinski definition) is 4. The van der Waals surface area contributed by atoms with Gasteiger partial charge < -0.3 is 19.9 Å². The van der Waals surface area contributed by atoms with Crippen LogP contribution in [-0.2, 0) is 21.4 Å². The highest BCUT2D eigenvalue weighted by molar-refractivity contribution is 5.97. The highest BCUT2D eigenvalue weighted by Crippen LogP contribution is 2.52. The second-order valence-electron chi connectivity index (χ2n) is 7.14. The normalized spacial score (nSPS) is 19.4. The van der Waals surface area contributed by atoms with E-state index < -0.39 is 17.4 Å². The zero-order valence-electron chi connectivity index (χ0n) is 14.8. The molecule has 2 fully saturated rings. The number of ketones is 1. The van der Waals surface area contributed by atoms with Gasteiger partial charge in [-0.2, -0.15) is 0 Å². The van der Waals surface area contributed by atoms with Gasteiger partial charge in [0.2, 0.25) is 0 Å². The van der Waals surface area contributed by atoms with E-state index in [1.165, 1.54) is 0 Å². The monoisotopic (exact) mass is 367 g/mol. The van der Waals surface area contributed by atoms with Gasteiger partial charge in [0.1, 0.15) is 0 Å². The van der Waals surface area contributed by atoms with Gasteiger partial charge in [0.25, 0.3) is 0 Å². The van der Waals surface area contributed by atoms with E-state index >= 15 is 0 Å². The SMILES string of the molecule is O=C(O)NC1(c2ccc(C(=O)Cc3ccccc3)cc2)CC2(C1)OCCO2. The number of amides is 1. The summed E-state index contributed by atoms with van der Waals surface area (Å²) in [4.78, 5) is 23.8. The average molecular weight is 367 g/mol. The van der Waals surface area contributed by atoms with Crippen molar-refractivity contribution in [2.45, 2.75) is 30.6 Å². The fourth-order valence-corrected chi connectivity index (χ4v) is 4.00. The molecule has 6 heteroatoms. The number of rotatable bonds is 5. The molecule has 1 saturated carbocycles. The van der Waals surface area contributed by atoms with Crippen molar-refractivity contribution in [3.8, 4) is 0 Å². The smallest absolute Gasteiger partial charge is 0.405 e. The first-order chi connectivity index (χ1) is 13.0. The quantitative estimate of drug-likeness (QED) is 0.793. The molecule has 1 saturated heterocycles. The standard InChI is InChI=1S/C21H21NO5/c23-18(12-15-4-2-1-3-5-15)16-6-8-17(9-7-16)20(22-19(24)25)13-21(14-20)26-10-11-27-21/h1-9,22H,10-14H2,(H,24,25). The average Bonchev–Trinajstić information content (AvgIpc) is 3.11. The van der Waals surface area contributed by atoms with Gasteiger partial charge in [0, 0.05) is 24.8 Å². The van der Waals surface area contributed by atoms with Crippen molar-refractivity contribution in [3.05, 3.63) is 71.3 Å². The molecule has 1 aliphatic carbocycles. The van der Waals surface area contributed by atoms with Crippen molar-refractivity contribution in [1.29, 1.82) is 0 Å². The molecule has 4 rings (SSSR count). The molecule has 1 amide bonds. The predicted molar refractivity (Wildman–Crippen MR) is 97.6 cm³/mol. The number of carbonyl (C=O) groups excluding carboxylic acids is 1. The lowest BCUT2D eigenvalue weighted by Crippen LogP contribution is -2.63. The maximum atomic E-state index is 12.5. The number of carboxylic acid groups (broad SMARTS) is 1. The third-order valence-electron chi connectivity index (χ3n) is 5.27. The second kappa shape index (κ2) is 6.79. The summed E-state index contributed by atoms with van der Waals surface area (Å²) in [6.07, 6.45) is 0.0866. The molecule has 0 atom stereocenters. The highest BCUT2D eigenvalue weighted by Gasteiger charge is 2.60. The van der Waals surface area contributed by atoms with Crippen LogP contribution in [-0.4, -0.2) is 36.0 Å². The van der Waals surface area contributed by atoms with Gasteiger partial charge in [-0.3, -0.25) is 4.79 Å². The van der Waals surface area contributed by atoms with Gasteiger partial charge in [-0.15, -0.1) is 0 Å². The summed E-state index contributed by atoms with van der Waals surface area (Å²) >= 11 is 0. The first-order valence-electron chi connectivity index (χ1n) is 8.97. The summed E-state index contributed by atoms with van der Waals surface area (Å²) < 4.78 is 11.3. The minimum atomic E-state index is -1.09. The van der Waals surface area contributed by atoms with Gasteiger partial charge in [0.05, 0.1) is 18.8 Å². The number of ether oxygens (including phenoxy) is 2. The number of benzene rings is 2. The van der Waals surface area contributed by atoms with Crippen LogP contribution < -0.4 is 5.32 Å². The van der Waals surface area contributed by atoms with Gasteiger partial charge >= 0.3 is 6.09 Å². The van der Waals surface area contributed by atoms with Crippen LogP contribution in [0.5, 0.6) is 0 Å². The third kappa shape index (κ3) is 3.46. The van der Waals surface area contributed by atoms with Gasteiger partial charge in [0.15, 0.2) is 11.6 Å². The van der Waals surface area contributed by atoms with Gasteiger partial charge in [-0.05, 0) is 11.1 Å². The number of nitrogens with one attached hydrogen (secondary N) is 1. The minimum absolute atomic E-state index is 0.0283. The number of Topliss-reactive ketones (excluding diaryl/α,β-unsaturated/α-hetero) is 1. The van der Waals surface area contributed by atoms with E-state index in [-0.39, 0.29) is 5.78 Å². The summed E-state index contributed by atoms with van der Waals surface area (Å²) in [6, 6.07) is 16.7. The number of hydrogen-bond donors (Lipinski definition) is 2. The fraction of sp³-hybridized carbons (Fsp3) is 0.333. The lowest BCUT2D eigenvalue weighted by atomic mass is 9.67. The van der Waals surface area contributed by atoms with E-state index in [0.717, 1.165) is 11.1 Å². The molecule has 2 N–H and O–H groups in total. The molecule has 1 spiro atoms. The predicted octanol–water partition coefficient (Wildman–Crippen LogP) is 3.11. The Kier molecular flexibility index (Phi) is 4.45. The van der Waals surface area contributed by atoms with Crippen molar-refractivity contribution < 1.29 is 24.2 Å². The Balaban J connectivity index is 1.51. The van der Waals surface area contributed by atoms with E-state index in [0.29, 0.717) is 38.0 Å². The zero-order valence-corrected chi connectivity index (χ0v) is 14.8. The Labute approximate surface area is 157 Å². The van der Waals surface area contributed by atoms with Gasteiger partial charge in [-0.25, -0.2) is 4.79 Å². The molecular formula is C21H21NO5. The maximum absolute atomic E-state index is 12.5. The molecule has 0 aromatic heterocycles. The van der Waals surface area contributed by atoms with Crippen molar-refractivity contribution >= 4 is 11.9 Å². The molecule has 6 nitrogen and oxygen atoms in total. The van der Waals surface area contributed by atoms with Crippen molar-refractivity contribution in [2.75, 3.05) is 13.2 Å². The zero-order chi connectivity index (χ0) is 18.9. The van der Waals surface area contributed by atoms with E-state index in [4.69, 9.17) is 9.47 Å². The summed E-state index contributed by atoms with van der Waals surface area (Å²) in [7, 11) is 0. The summed E-state index contributed by atoms with van der Waals surface area (Å²) in [5.74, 6) is -0.662. The fourth-order valence-electron chi connectivity index (χ4n) is 4.00. The molecule has 2 aromatic rings. The van der Waals surface area contributed by atoms with Crippen molar-refractivity contribution in [2.24, 2.45) is 0 Å². The van der Waals surface area contributed by atoms with Crippen LogP contribution >= 0.6 is 0 Å². The maximum Gasteiger partial charge on any atom is 0.405 e. The van der Waals surface area contributed by atoms with Crippen LogP contribution in [0.3, 0.4) is 0 Å². The van der Waals surface area contributed by atoms with Crippen LogP contribution in [0.2, 0.25) is 0 Å². The molecule has 0 bridgehead atoms. The highest BCUT2D eigenvalue weighted by atomic mass is 16.7. The Bertz CT molecular complexity index is 833. The van der Waals surface area contributed by atoms with E-state index in [1.807, 2.05) is 42.5 Å². The molecule has 27 heavy (non-hydrogen) atoms. The van der Waals surface area contributed by atoms with Crippen LogP contribution in [0.4, 0.5) is 4.79 Å². The molecule has 140 valence electrons. The Hall–Kier alpha value is -2.70. The lowest BCUT2D eigenvalue weighted by Gasteiger charge is -2.52. The van der Waals surface area contributed by atoms with Crippen LogP contribution in [0.15, 0.2) is 54.6 Å². The summed E-state index contributed by atoms with van der Waals surface area (Å²) in [5.41, 5.74) is 1.63. The van der Waals surface area contributed by atoms with Crippen LogP contribution in [0.1, 0.15) is 34.3 Å². The minimum Gasteiger partial charge on any atom is -0.465 e.